The molecule has 0 unspecified atom stereocenters. The lowest BCUT2D eigenvalue weighted by molar-refractivity contribution is 0.318. The lowest BCUT2D eigenvalue weighted by atomic mass is 9.99. The normalized spacial score (nSPS) is 16.0. The first-order chi connectivity index (χ1) is 14.4. The predicted octanol–water partition coefficient (Wildman–Crippen LogP) is 4.40. The van der Waals surface area contributed by atoms with Crippen molar-refractivity contribution in [2.24, 2.45) is 0 Å². The molecule has 1 aromatic heterocycles. The van der Waals surface area contributed by atoms with Crippen LogP contribution in [0.4, 0.5) is 0 Å². The summed E-state index contributed by atoms with van der Waals surface area (Å²) in [6.45, 7) is 4.80. The summed E-state index contributed by atoms with van der Waals surface area (Å²) in [7, 11) is -1.83. The van der Waals surface area contributed by atoms with Gasteiger partial charge in [-0.05, 0) is 50.5 Å². The van der Waals surface area contributed by atoms with Crippen molar-refractivity contribution in [3.63, 3.8) is 0 Å². The predicted molar refractivity (Wildman–Crippen MR) is 119 cm³/mol. The molecule has 4 rings (SSSR count). The van der Waals surface area contributed by atoms with Gasteiger partial charge in [0.15, 0.2) is 5.01 Å². The summed E-state index contributed by atoms with van der Waals surface area (Å²) >= 11 is 1.56. The molecule has 1 aliphatic rings. The second kappa shape index (κ2) is 8.45. The van der Waals surface area contributed by atoms with Crippen molar-refractivity contribution in [3.05, 3.63) is 58.6 Å². The van der Waals surface area contributed by atoms with Gasteiger partial charge in [0.05, 0.1) is 17.6 Å². The Kier molecular flexibility index (Phi) is 5.90. The summed E-state index contributed by atoms with van der Waals surface area (Å²) in [5.74, 6) is 0.992. The molecular weight excluding hydrogens is 418 g/mol. The van der Waals surface area contributed by atoms with Crippen molar-refractivity contribution in [2.75, 3.05) is 20.2 Å². The van der Waals surface area contributed by atoms with Gasteiger partial charge in [0, 0.05) is 19.0 Å². The number of para-hydroxylation sites is 1. The molecule has 0 aliphatic carbocycles. The Bertz CT molecular complexity index is 1150. The lowest BCUT2D eigenvalue weighted by Gasteiger charge is -2.30. The zero-order valence-electron chi connectivity index (χ0n) is 17.3. The van der Waals surface area contributed by atoms with E-state index in [0.717, 1.165) is 45.3 Å². The van der Waals surface area contributed by atoms with Crippen molar-refractivity contribution in [1.82, 2.24) is 14.5 Å². The molecule has 30 heavy (non-hydrogen) atoms. The first-order valence-corrected chi connectivity index (χ1v) is 12.2. The molecule has 8 heteroatoms. The number of ether oxygens (including phenoxy) is 1. The number of aromatic nitrogens is 2. The maximum absolute atomic E-state index is 13.1. The summed E-state index contributed by atoms with van der Waals surface area (Å²) in [6.07, 6.45) is 1.48. The molecule has 2 heterocycles. The number of hydrogen-bond donors (Lipinski definition) is 0. The topological polar surface area (TPSA) is 72.4 Å². The molecular formula is C22H25N3O3S2. The van der Waals surface area contributed by atoms with Crippen molar-refractivity contribution in [3.8, 4) is 16.3 Å². The van der Waals surface area contributed by atoms with E-state index in [1.165, 1.54) is 0 Å². The van der Waals surface area contributed by atoms with E-state index < -0.39 is 10.0 Å². The summed E-state index contributed by atoms with van der Waals surface area (Å²) in [6, 6.07) is 13.3. The van der Waals surface area contributed by atoms with Crippen molar-refractivity contribution >= 4 is 21.4 Å². The fourth-order valence-electron chi connectivity index (χ4n) is 3.90. The molecule has 6 nitrogen and oxygen atoms in total. The molecule has 0 amide bonds. The second-order valence-corrected chi connectivity index (χ2v) is 10.5. The van der Waals surface area contributed by atoms with E-state index in [0.29, 0.717) is 18.0 Å². The maximum atomic E-state index is 13.1. The Morgan fingerprint density at radius 2 is 1.80 bits per heavy atom. The summed E-state index contributed by atoms with van der Waals surface area (Å²) in [5, 5.41) is 10.6. The average Bonchev–Trinajstić information content (AvgIpc) is 3.23. The molecule has 1 saturated heterocycles. The first kappa shape index (κ1) is 21.0. The molecule has 0 saturated carbocycles. The number of aryl methyl sites for hydroxylation is 2. The van der Waals surface area contributed by atoms with Crippen LogP contribution in [0.5, 0.6) is 5.75 Å². The molecule has 0 spiro atoms. The number of benzene rings is 2. The van der Waals surface area contributed by atoms with E-state index in [-0.39, 0.29) is 5.92 Å². The quantitative estimate of drug-likeness (QED) is 0.584. The molecule has 0 radical (unpaired) electrons. The van der Waals surface area contributed by atoms with Gasteiger partial charge in [-0.25, -0.2) is 8.42 Å². The van der Waals surface area contributed by atoms with Crippen LogP contribution in [0.1, 0.15) is 34.9 Å². The van der Waals surface area contributed by atoms with Crippen LogP contribution >= 0.6 is 11.3 Å². The van der Waals surface area contributed by atoms with Gasteiger partial charge in [0.2, 0.25) is 10.0 Å². The standard InChI is InChI=1S/C22H25N3O3S2/c1-15-8-9-20(16(2)14-15)30(26,27)25-12-10-17(11-13-25)21-23-24-22(29-21)18-6-4-5-7-19(18)28-3/h4-9,14,17H,10-13H2,1-3H3. The SMILES string of the molecule is COc1ccccc1-c1nnc(C2CCN(S(=O)(=O)c3ccc(C)cc3C)CC2)s1. The van der Waals surface area contributed by atoms with Crippen molar-refractivity contribution < 1.29 is 13.2 Å². The van der Waals surface area contributed by atoms with Gasteiger partial charge < -0.3 is 4.74 Å². The fourth-order valence-corrected chi connectivity index (χ4v) is 6.62. The maximum Gasteiger partial charge on any atom is 0.243 e. The zero-order valence-corrected chi connectivity index (χ0v) is 19.0. The molecule has 2 aromatic carbocycles. The molecule has 1 fully saturated rings. The van der Waals surface area contributed by atoms with Gasteiger partial charge in [-0.1, -0.05) is 41.2 Å². The first-order valence-electron chi connectivity index (χ1n) is 9.94. The van der Waals surface area contributed by atoms with Crippen LogP contribution in [0.2, 0.25) is 0 Å². The van der Waals surface area contributed by atoms with Crippen molar-refractivity contribution in [1.29, 1.82) is 0 Å². The average molecular weight is 444 g/mol. The highest BCUT2D eigenvalue weighted by atomic mass is 32.2. The number of rotatable bonds is 5. The van der Waals surface area contributed by atoms with E-state index in [9.17, 15) is 8.42 Å². The Morgan fingerprint density at radius 3 is 2.50 bits per heavy atom. The Morgan fingerprint density at radius 1 is 1.07 bits per heavy atom. The molecule has 0 N–H and O–H groups in total. The van der Waals surface area contributed by atoms with E-state index >= 15 is 0 Å². The third-order valence-electron chi connectivity index (χ3n) is 5.53. The highest BCUT2D eigenvalue weighted by Gasteiger charge is 2.32. The largest absolute Gasteiger partial charge is 0.496 e. The highest BCUT2D eigenvalue weighted by molar-refractivity contribution is 7.89. The second-order valence-electron chi connectivity index (χ2n) is 7.59. The van der Waals surface area contributed by atoms with E-state index in [1.54, 1.807) is 28.8 Å². The number of sulfonamides is 1. The number of hydrogen-bond acceptors (Lipinski definition) is 6. The van der Waals surface area contributed by atoms with Gasteiger partial charge >= 0.3 is 0 Å². The van der Waals surface area contributed by atoms with Crippen LogP contribution in [-0.4, -0.2) is 43.1 Å². The van der Waals surface area contributed by atoms with Crippen LogP contribution in [0.25, 0.3) is 10.6 Å². The fraction of sp³-hybridized carbons (Fsp3) is 0.364. The molecule has 3 aromatic rings. The van der Waals surface area contributed by atoms with Crippen LogP contribution in [-0.2, 0) is 10.0 Å². The van der Waals surface area contributed by atoms with Gasteiger partial charge in [-0.2, -0.15) is 4.31 Å². The minimum atomic E-state index is -3.48. The molecule has 0 bridgehead atoms. The monoisotopic (exact) mass is 443 g/mol. The van der Waals surface area contributed by atoms with Crippen LogP contribution in [0.3, 0.4) is 0 Å². The Hall–Kier alpha value is -2.29. The van der Waals surface area contributed by atoms with Gasteiger partial charge in [0.25, 0.3) is 0 Å². The minimum absolute atomic E-state index is 0.219. The number of piperidine rings is 1. The lowest BCUT2D eigenvalue weighted by Crippen LogP contribution is -2.38. The van der Waals surface area contributed by atoms with E-state index in [4.69, 9.17) is 4.74 Å². The molecule has 0 atom stereocenters. The third kappa shape index (κ3) is 3.99. The summed E-state index contributed by atoms with van der Waals surface area (Å²) in [5.41, 5.74) is 2.79. The molecule has 158 valence electrons. The highest BCUT2D eigenvalue weighted by Crippen LogP contribution is 2.37. The van der Waals surface area contributed by atoms with Crippen LogP contribution in [0, 0.1) is 13.8 Å². The number of methoxy groups -OCH3 is 1. The third-order valence-corrected chi connectivity index (χ3v) is 8.71. The van der Waals surface area contributed by atoms with Gasteiger partial charge in [-0.15, -0.1) is 10.2 Å². The van der Waals surface area contributed by atoms with Gasteiger partial charge in [0.1, 0.15) is 10.8 Å². The summed E-state index contributed by atoms with van der Waals surface area (Å²) < 4.78 is 33.2. The minimum Gasteiger partial charge on any atom is -0.496 e. The van der Waals surface area contributed by atoms with E-state index in [2.05, 4.69) is 10.2 Å². The number of nitrogens with zero attached hydrogens (tertiary/aromatic N) is 3. The summed E-state index contributed by atoms with van der Waals surface area (Å²) in [4.78, 5) is 0.404. The Labute approximate surface area is 181 Å². The van der Waals surface area contributed by atoms with Crippen LogP contribution < -0.4 is 4.74 Å². The Balaban J connectivity index is 1.48. The zero-order chi connectivity index (χ0) is 21.3. The smallest absolute Gasteiger partial charge is 0.243 e. The van der Waals surface area contributed by atoms with E-state index in [1.807, 2.05) is 50.2 Å². The van der Waals surface area contributed by atoms with Crippen LogP contribution in [0.15, 0.2) is 47.4 Å². The van der Waals surface area contributed by atoms with Gasteiger partial charge in [-0.3, -0.25) is 0 Å². The van der Waals surface area contributed by atoms with Crippen molar-refractivity contribution in [2.45, 2.75) is 37.5 Å². The molecule has 1 aliphatic heterocycles.